The van der Waals surface area contributed by atoms with E-state index in [9.17, 15) is 9.59 Å². The third-order valence-corrected chi connectivity index (χ3v) is 9.99. The highest BCUT2D eigenvalue weighted by Crippen LogP contribution is 2.55. The molecule has 2 saturated heterocycles. The summed E-state index contributed by atoms with van der Waals surface area (Å²) in [5.74, 6) is -3.43. The first-order valence-electron chi connectivity index (χ1n) is 16.5. The number of carbonyl (C=O) groups excluding carboxylic acids is 2. The van der Waals surface area contributed by atoms with Gasteiger partial charge in [0.15, 0.2) is 0 Å². The molecule has 1 saturated carbocycles. The third kappa shape index (κ3) is 6.03. The van der Waals surface area contributed by atoms with Gasteiger partial charge in [0, 0.05) is 44.1 Å². The molecular formula is C35H39F2N7O5. The molecular weight excluding hydrogens is 636 g/mol. The van der Waals surface area contributed by atoms with Crippen molar-refractivity contribution >= 4 is 40.4 Å². The molecule has 1 aromatic carbocycles. The Hall–Kier alpha value is -4.82. The number of fused-ring (bicyclic) bond motifs is 2. The summed E-state index contributed by atoms with van der Waals surface area (Å²) in [7, 11) is 2.41. The van der Waals surface area contributed by atoms with E-state index >= 15 is 8.78 Å². The van der Waals surface area contributed by atoms with Crippen molar-refractivity contribution in [2.45, 2.75) is 43.7 Å². The van der Waals surface area contributed by atoms with Gasteiger partial charge in [-0.3, -0.25) is 14.5 Å². The highest BCUT2D eigenvalue weighted by Gasteiger charge is 2.57. The largest absolute Gasteiger partial charge is 0.479 e. The van der Waals surface area contributed by atoms with Gasteiger partial charge in [0.05, 0.1) is 50.8 Å². The average molecular weight is 676 g/mol. The van der Waals surface area contributed by atoms with Gasteiger partial charge < -0.3 is 34.6 Å². The Morgan fingerprint density at radius 2 is 1.73 bits per heavy atom. The Balaban J connectivity index is 1.14. The van der Waals surface area contributed by atoms with Gasteiger partial charge in [0.2, 0.25) is 23.4 Å². The molecule has 4 aliphatic rings. The normalized spacial score (nSPS) is 19.0. The van der Waals surface area contributed by atoms with Crippen LogP contribution in [0.15, 0.2) is 43.1 Å². The van der Waals surface area contributed by atoms with Crippen molar-refractivity contribution in [3.63, 3.8) is 0 Å². The number of nitrogens with zero attached hydrogens (tertiary/aromatic N) is 5. The zero-order chi connectivity index (χ0) is 34.3. The van der Waals surface area contributed by atoms with Crippen LogP contribution in [0, 0.1) is 11.6 Å². The molecule has 1 aliphatic carbocycles. The number of nitrogens with one attached hydrogen (secondary N) is 2. The Morgan fingerprint density at radius 1 is 1.04 bits per heavy atom. The SMILES string of the molecule is C=CC(=O)Nc1cc(N2CCC(N3CCOCC3)CC2)ccc1Nc1cc2c(cn1)CN(c1c(F)c(OC)nc(OC)c1F)C(=O)C21CC1. The first-order chi connectivity index (χ1) is 23.8. The number of pyridine rings is 2. The quantitative estimate of drug-likeness (QED) is 0.313. The van der Waals surface area contributed by atoms with Gasteiger partial charge in [0.25, 0.3) is 11.8 Å². The number of hydrogen-bond acceptors (Lipinski definition) is 10. The fourth-order valence-electron chi connectivity index (χ4n) is 7.22. The molecule has 0 unspecified atom stereocenters. The van der Waals surface area contributed by atoms with E-state index in [0.717, 1.165) is 68.4 Å². The van der Waals surface area contributed by atoms with E-state index in [1.807, 2.05) is 18.2 Å². The zero-order valence-electron chi connectivity index (χ0n) is 27.6. The summed E-state index contributed by atoms with van der Waals surface area (Å²) in [4.78, 5) is 40.7. The fraction of sp³-hybridized carbons (Fsp3) is 0.429. The molecule has 1 spiro atoms. The van der Waals surface area contributed by atoms with Crippen molar-refractivity contribution in [2.75, 3.05) is 74.0 Å². The number of rotatable bonds is 9. The summed E-state index contributed by atoms with van der Waals surface area (Å²) in [6.45, 7) is 8.81. The minimum absolute atomic E-state index is 0.106. The number of hydrogen-bond donors (Lipinski definition) is 2. The highest BCUT2D eigenvalue weighted by atomic mass is 19.1. The molecule has 14 heteroatoms. The van der Waals surface area contributed by atoms with E-state index in [1.54, 1.807) is 12.3 Å². The average Bonchev–Trinajstić information content (AvgIpc) is 3.94. The summed E-state index contributed by atoms with van der Waals surface area (Å²) in [5, 5.41) is 6.24. The predicted molar refractivity (Wildman–Crippen MR) is 180 cm³/mol. The second kappa shape index (κ2) is 13.2. The summed E-state index contributed by atoms with van der Waals surface area (Å²) in [6.07, 6.45) is 5.95. The molecule has 3 aliphatic heterocycles. The second-order valence-corrected chi connectivity index (χ2v) is 12.7. The third-order valence-electron chi connectivity index (χ3n) is 9.99. The lowest BCUT2D eigenvalue weighted by atomic mass is 9.86. The van der Waals surface area contributed by atoms with Crippen molar-refractivity contribution < 1.29 is 32.6 Å². The summed E-state index contributed by atoms with van der Waals surface area (Å²) < 4.78 is 46.3. The van der Waals surface area contributed by atoms with Crippen molar-refractivity contribution in [1.29, 1.82) is 0 Å². The molecule has 0 atom stereocenters. The second-order valence-electron chi connectivity index (χ2n) is 12.7. The topological polar surface area (TPSA) is 121 Å². The van der Waals surface area contributed by atoms with Crippen LogP contribution in [0.1, 0.15) is 36.8 Å². The molecule has 3 aromatic rings. The molecule has 258 valence electrons. The van der Waals surface area contributed by atoms with Crippen molar-refractivity contribution in [3.05, 3.63) is 65.9 Å². The molecule has 2 N–H and O–H groups in total. The van der Waals surface area contributed by atoms with Crippen LogP contribution < -0.4 is 29.9 Å². The molecule has 5 heterocycles. The number of amides is 2. The van der Waals surface area contributed by atoms with Crippen LogP contribution in [0.4, 0.5) is 37.3 Å². The number of carbonyl (C=O) groups is 2. The maximum atomic E-state index is 15.4. The number of aromatic nitrogens is 2. The Morgan fingerprint density at radius 3 is 2.37 bits per heavy atom. The lowest BCUT2D eigenvalue weighted by Gasteiger charge is -2.41. The first kappa shape index (κ1) is 32.7. The zero-order valence-corrected chi connectivity index (χ0v) is 27.6. The van der Waals surface area contributed by atoms with E-state index in [0.29, 0.717) is 41.6 Å². The molecule has 3 fully saturated rings. The van der Waals surface area contributed by atoms with Gasteiger partial charge in [-0.25, -0.2) is 4.98 Å². The molecule has 2 aromatic heterocycles. The van der Waals surface area contributed by atoms with Gasteiger partial charge in [-0.05, 0) is 67.2 Å². The van der Waals surface area contributed by atoms with Crippen LogP contribution >= 0.6 is 0 Å². The minimum atomic E-state index is -1.08. The number of anilines is 5. The first-order valence-corrected chi connectivity index (χ1v) is 16.5. The lowest BCUT2D eigenvalue weighted by Crippen LogP contribution is -2.49. The molecule has 7 rings (SSSR count). The van der Waals surface area contributed by atoms with Gasteiger partial charge in [-0.1, -0.05) is 6.58 Å². The molecule has 12 nitrogen and oxygen atoms in total. The van der Waals surface area contributed by atoms with Crippen LogP contribution in [0.5, 0.6) is 11.8 Å². The predicted octanol–water partition coefficient (Wildman–Crippen LogP) is 4.52. The van der Waals surface area contributed by atoms with Crippen molar-refractivity contribution in [1.82, 2.24) is 14.9 Å². The van der Waals surface area contributed by atoms with Gasteiger partial charge in [-0.15, -0.1) is 0 Å². The minimum Gasteiger partial charge on any atom is -0.479 e. The fourth-order valence-corrected chi connectivity index (χ4v) is 7.22. The maximum Gasteiger partial charge on any atom is 0.255 e. The Labute approximate surface area is 283 Å². The molecule has 2 amide bonds. The maximum absolute atomic E-state index is 15.4. The van der Waals surface area contributed by atoms with E-state index in [4.69, 9.17) is 14.2 Å². The summed E-state index contributed by atoms with van der Waals surface area (Å²) in [6, 6.07) is 8.21. The number of benzene rings is 1. The van der Waals surface area contributed by atoms with Gasteiger partial charge in [0.1, 0.15) is 11.5 Å². The Kier molecular flexibility index (Phi) is 8.84. The highest BCUT2D eigenvalue weighted by molar-refractivity contribution is 6.06. The van der Waals surface area contributed by atoms with Crippen LogP contribution in [0.3, 0.4) is 0 Å². The number of halogens is 2. The van der Waals surface area contributed by atoms with Crippen LogP contribution in [0.25, 0.3) is 0 Å². The van der Waals surface area contributed by atoms with E-state index < -0.39 is 40.4 Å². The number of ether oxygens (including phenoxy) is 3. The van der Waals surface area contributed by atoms with Gasteiger partial charge >= 0.3 is 0 Å². The number of methoxy groups -OCH3 is 2. The monoisotopic (exact) mass is 675 g/mol. The van der Waals surface area contributed by atoms with Crippen LogP contribution in [-0.4, -0.2) is 86.3 Å². The molecule has 0 radical (unpaired) electrons. The van der Waals surface area contributed by atoms with E-state index in [1.165, 1.54) is 20.3 Å². The van der Waals surface area contributed by atoms with E-state index in [2.05, 4.69) is 37.0 Å². The molecule has 0 bridgehead atoms. The standard InChI is InChI=1S/C35H39F2N7O5/c1-4-28(45)40-26-17-23(42-11-7-22(8-12-42)43-13-15-49-16-14-43)5-6-25(26)39-27-18-24-21(19-38-27)20-44(34(46)35(24)9-10-35)31-29(36)32(47-2)41-33(48-3)30(31)37/h4-6,17-19,22H,1,7-16,20H2,2-3H3,(H,38,39)(H,40,45). The van der Waals surface area contributed by atoms with Crippen molar-refractivity contribution in [3.8, 4) is 11.8 Å². The lowest BCUT2D eigenvalue weighted by molar-refractivity contribution is -0.121. The van der Waals surface area contributed by atoms with E-state index in [-0.39, 0.29) is 12.5 Å². The number of morpholine rings is 1. The summed E-state index contributed by atoms with van der Waals surface area (Å²) >= 11 is 0. The smallest absolute Gasteiger partial charge is 0.255 e. The Bertz CT molecular complexity index is 1760. The summed E-state index contributed by atoms with van der Waals surface area (Å²) in [5.41, 5.74) is 2.06. The van der Waals surface area contributed by atoms with Crippen LogP contribution in [0.2, 0.25) is 0 Å². The van der Waals surface area contributed by atoms with Gasteiger partial charge in [-0.2, -0.15) is 13.8 Å². The molecule has 49 heavy (non-hydrogen) atoms. The van der Waals surface area contributed by atoms with Crippen molar-refractivity contribution in [2.24, 2.45) is 0 Å². The number of piperidine rings is 1. The van der Waals surface area contributed by atoms with Crippen LogP contribution in [-0.2, 0) is 26.3 Å².